The van der Waals surface area contributed by atoms with E-state index in [4.69, 9.17) is 11.6 Å². The van der Waals surface area contributed by atoms with E-state index in [0.29, 0.717) is 11.6 Å². The molecule has 1 saturated heterocycles. The van der Waals surface area contributed by atoms with Gasteiger partial charge in [0.2, 0.25) is 10.0 Å². The molecular weight excluding hydrogens is 328 g/mol. The molecule has 1 aliphatic heterocycles. The molecule has 2 rings (SSSR count). The second-order valence-corrected chi connectivity index (χ2v) is 8.20. The third kappa shape index (κ3) is 3.74. The average Bonchev–Trinajstić information content (AvgIpc) is 2.98. The van der Waals surface area contributed by atoms with E-state index in [9.17, 15) is 8.42 Å². The van der Waals surface area contributed by atoms with Crippen molar-refractivity contribution in [3.8, 4) is 0 Å². The summed E-state index contributed by atoms with van der Waals surface area (Å²) in [6.45, 7) is 4.12. The molecule has 1 unspecified atom stereocenters. The zero-order valence-electron chi connectivity index (χ0n) is 12.3. The van der Waals surface area contributed by atoms with Gasteiger partial charge in [0.15, 0.2) is 0 Å². The van der Waals surface area contributed by atoms with E-state index in [1.807, 2.05) is 13.2 Å². The summed E-state index contributed by atoms with van der Waals surface area (Å²) >= 11 is 7.67. The van der Waals surface area contributed by atoms with Gasteiger partial charge in [0.05, 0.1) is 9.92 Å². The molecule has 21 heavy (non-hydrogen) atoms. The smallest absolute Gasteiger partial charge is 0.243 e. The van der Waals surface area contributed by atoms with Gasteiger partial charge in [-0.3, -0.25) is 0 Å². The molecule has 0 aliphatic carbocycles. The first-order valence-electron chi connectivity index (χ1n) is 7.06. The van der Waals surface area contributed by atoms with Crippen molar-refractivity contribution in [3.05, 3.63) is 23.2 Å². The van der Waals surface area contributed by atoms with Crippen molar-refractivity contribution in [2.75, 3.05) is 25.9 Å². The Morgan fingerprint density at radius 3 is 2.76 bits per heavy atom. The number of sulfonamides is 1. The van der Waals surface area contributed by atoms with Gasteiger partial charge in [0, 0.05) is 24.0 Å². The van der Waals surface area contributed by atoms with E-state index in [1.165, 1.54) is 11.8 Å². The van der Waals surface area contributed by atoms with Crippen LogP contribution < -0.4 is 5.32 Å². The minimum atomic E-state index is -3.49. The van der Waals surface area contributed by atoms with Gasteiger partial charge in [-0.1, -0.05) is 18.5 Å². The van der Waals surface area contributed by atoms with E-state index < -0.39 is 10.0 Å². The molecule has 1 aliphatic rings. The van der Waals surface area contributed by atoms with Gasteiger partial charge in [-0.05, 0) is 43.8 Å². The van der Waals surface area contributed by atoms with Crippen LogP contribution in [0, 0.1) is 0 Å². The first-order valence-corrected chi connectivity index (χ1v) is 10.1. The van der Waals surface area contributed by atoms with Gasteiger partial charge in [0.1, 0.15) is 0 Å². The van der Waals surface area contributed by atoms with Crippen molar-refractivity contribution in [2.24, 2.45) is 0 Å². The molecule has 0 radical (unpaired) electrons. The number of nitrogens with zero attached hydrogens (tertiary/aromatic N) is 1. The van der Waals surface area contributed by atoms with Crippen LogP contribution in [0.4, 0.5) is 0 Å². The largest absolute Gasteiger partial charge is 0.315 e. The SMILES string of the molecule is CCCN(C1CCNC1)S(=O)(=O)c1ccc(SC)c(Cl)c1. The monoisotopic (exact) mass is 348 g/mol. The average molecular weight is 349 g/mol. The van der Waals surface area contributed by atoms with Crippen LogP contribution in [-0.4, -0.2) is 44.7 Å². The zero-order chi connectivity index (χ0) is 15.5. The van der Waals surface area contributed by atoms with Gasteiger partial charge >= 0.3 is 0 Å². The summed E-state index contributed by atoms with van der Waals surface area (Å²) < 4.78 is 27.4. The lowest BCUT2D eigenvalue weighted by Crippen LogP contribution is -2.42. The lowest BCUT2D eigenvalue weighted by Gasteiger charge is -2.27. The molecule has 0 spiro atoms. The number of benzene rings is 1. The molecule has 0 saturated carbocycles. The van der Waals surface area contributed by atoms with E-state index >= 15 is 0 Å². The first-order chi connectivity index (χ1) is 10.0. The lowest BCUT2D eigenvalue weighted by atomic mass is 10.2. The Labute approximate surface area is 136 Å². The predicted octanol–water partition coefficient (Wildman–Crippen LogP) is 2.82. The first kappa shape index (κ1) is 17.1. The molecule has 4 nitrogen and oxygen atoms in total. The summed E-state index contributed by atoms with van der Waals surface area (Å²) in [7, 11) is -3.49. The van der Waals surface area contributed by atoms with Crippen molar-refractivity contribution < 1.29 is 8.42 Å². The fraction of sp³-hybridized carbons (Fsp3) is 0.571. The Morgan fingerprint density at radius 2 is 2.24 bits per heavy atom. The minimum Gasteiger partial charge on any atom is -0.315 e. The summed E-state index contributed by atoms with van der Waals surface area (Å²) in [5.41, 5.74) is 0. The fourth-order valence-electron chi connectivity index (χ4n) is 2.55. The number of nitrogens with one attached hydrogen (secondary N) is 1. The summed E-state index contributed by atoms with van der Waals surface area (Å²) in [6.07, 6.45) is 3.57. The van der Waals surface area contributed by atoms with Crippen LogP contribution >= 0.6 is 23.4 Å². The molecule has 7 heteroatoms. The third-order valence-electron chi connectivity index (χ3n) is 3.62. The van der Waals surface area contributed by atoms with Crippen molar-refractivity contribution in [3.63, 3.8) is 0 Å². The van der Waals surface area contributed by atoms with E-state index in [2.05, 4.69) is 5.32 Å². The number of hydrogen-bond acceptors (Lipinski definition) is 4. The standard InChI is InChI=1S/C14H21ClN2O2S2/c1-3-8-17(11-6-7-16-10-11)21(18,19)12-4-5-14(20-2)13(15)9-12/h4-5,9,11,16H,3,6-8,10H2,1-2H3. The molecule has 1 aromatic carbocycles. The van der Waals surface area contributed by atoms with Crippen molar-refractivity contribution in [2.45, 2.75) is 35.6 Å². The highest BCUT2D eigenvalue weighted by Gasteiger charge is 2.32. The minimum absolute atomic E-state index is 0.0361. The molecule has 0 aromatic heterocycles. The molecular formula is C14H21ClN2O2S2. The van der Waals surface area contributed by atoms with Crippen LogP contribution in [0.5, 0.6) is 0 Å². The Kier molecular flexibility index (Phi) is 5.96. The summed E-state index contributed by atoms with van der Waals surface area (Å²) in [5, 5.41) is 3.72. The van der Waals surface area contributed by atoms with Crippen LogP contribution in [0.3, 0.4) is 0 Å². The Morgan fingerprint density at radius 1 is 1.48 bits per heavy atom. The maximum absolute atomic E-state index is 12.9. The Balaban J connectivity index is 2.35. The molecule has 1 fully saturated rings. The molecule has 1 N–H and O–H groups in total. The summed E-state index contributed by atoms with van der Waals surface area (Å²) in [4.78, 5) is 1.17. The van der Waals surface area contributed by atoms with Gasteiger partial charge < -0.3 is 5.32 Å². The third-order valence-corrected chi connectivity index (χ3v) is 6.78. The quantitative estimate of drug-likeness (QED) is 0.803. The van der Waals surface area contributed by atoms with E-state index in [1.54, 1.807) is 22.5 Å². The van der Waals surface area contributed by atoms with Crippen LogP contribution in [-0.2, 0) is 10.0 Å². The highest BCUT2D eigenvalue weighted by Crippen LogP contribution is 2.30. The molecule has 1 heterocycles. The van der Waals surface area contributed by atoms with Crippen LogP contribution in [0.25, 0.3) is 0 Å². The Bertz CT molecular complexity index is 587. The van der Waals surface area contributed by atoms with Crippen LogP contribution in [0.15, 0.2) is 28.0 Å². The van der Waals surface area contributed by atoms with Crippen LogP contribution in [0.2, 0.25) is 5.02 Å². The van der Waals surface area contributed by atoms with Crippen molar-refractivity contribution >= 4 is 33.4 Å². The van der Waals surface area contributed by atoms with E-state index in [-0.39, 0.29) is 10.9 Å². The molecule has 1 aromatic rings. The predicted molar refractivity (Wildman–Crippen MR) is 88.7 cm³/mol. The van der Waals surface area contributed by atoms with Crippen molar-refractivity contribution in [1.82, 2.24) is 9.62 Å². The normalized spacial score (nSPS) is 19.3. The molecule has 0 amide bonds. The van der Waals surface area contributed by atoms with Gasteiger partial charge in [-0.15, -0.1) is 11.8 Å². The second kappa shape index (κ2) is 7.33. The molecule has 0 bridgehead atoms. The molecule has 118 valence electrons. The maximum Gasteiger partial charge on any atom is 0.243 e. The number of rotatable bonds is 6. The lowest BCUT2D eigenvalue weighted by molar-refractivity contribution is 0.335. The molecule has 1 atom stereocenters. The zero-order valence-corrected chi connectivity index (χ0v) is 14.7. The van der Waals surface area contributed by atoms with Gasteiger partial charge in [0.25, 0.3) is 0 Å². The topological polar surface area (TPSA) is 49.4 Å². The maximum atomic E-state index is 12.9. The van der Waals surface area contributed by atoms with Crippen LogP contribution in [0.1, 0.15) is 19.8 Å². The van der Waals surface area contributed by atoms with E-state index in [0.717, 1.165) is 30.8 Å². The summed E-state index contributed by atoms with van der Waals surface area (Å²) in [6, 6.07) is 5.02. The number of hydrogen-bond donors (Lipinski definition) is 1. The highest BCUT2D eigenvalue weighted by molar-refractivity contribution is 7.98. The number of halogens is 1. The highest BCUT2D eigenvalue weighted by atomic mass is 35.5. The van der Waals surface area contributed by atoms with Crippen molar-refractivity contribution in [1.29, 1.82) is 0 Å². The summed E-state index contributed by atoms with van der Waals surface area (Å²) in [5.74, 6) is 0. The van der Waals surface area contributed by atoms with Gasteiger partial charge in [-0.25, -0.2) is 8.42 Å². The fourth-order valence-corrected chi connectivity index (χ4v) is 5.26. The number of thioether (sulfide) groups is 1. The second-order valence-electron chi connectivity index (χ2n) is 5.06. The Hall–Kier alpha value is -0.270. The van der Waals surface area contributed by atoms with Gasteiger partial charge in [-0.2, -0.15) is 4.31 Å².